The van der Waals surface area contributed by atoms with Crippen molar-refractivity contribution in [2.45, 2.75) is 37.4 Å². The van der Waals surface area contributed by atoms with Crippen LogP contribution in [0.5, 0.6) is 0 Å². The lowest BCUT2D eigenvalue weighted by molar-refractivity contribution is -0.192. The number of aromatic carboxylic acids is 1. The third kappa shape index (κ3) is 9.56. The molecule has 9 nitrogen and oxygen atoms in total. The van der Waals surface area contributed by atoms with Gasteiger partial charge in [0.15, 0.2) is 0 Å². The molecule has 0 fully saturated rings. The third-order valence-electron chi connectivity index (χ3n) is 5.00. The lowest BCUT2D eigenvalue weighted by atomic mass is 10.1. The zero-order valence-corrected chi connectivity index (χ0v) is 21.3. The normalized spacial score (nSPS) is 11.2. The zero-order chi connectivity index (χ0) is 29.2. The average molecular weight is 572 g/mol. The maximum Gasteiger partial charge on any atom is 0.490 e. The molecule has 1 aromatic heterocycles. The van der Waals surface area contributed by atoms with Crippen molar-refractivity contribution in [3.63, 3.8) is 0 Å². The molecule has 14 heteroatoms. The summed E-state index contributed by atoms with van der Waals surface area (Å²) in [4.78, 5) is 26.8. The van der Waals surface area contributed by atoms with Crippen molar-refractivity contribution in [3.05, 3.63) is 83.8 Å². The van der Waals surface area contributed by atoms with E-state index in [1.165, 1.54) is 24.4 Å². The van der Waals surface area contributed by atoms with Gasteiger partial charge in [0.05, 0.1) is 16.8 Å². The molecule has 210 valence electrons. The van der Waals surface area contributed by atoms with E-state index in [0.717, 1.165) is 30.5 Å². The Balaban J connectivity index is 0.000000673. The first-order valence-electron chi connectivity index (χ1n) is 11.3. The van der Waals surface area contributed by atoms with Gasteiger partial charge in [-0.3, -0.25) is 4.72 Å². The second-order valence-electron chi connectivity index (χ2n) is 8.03. The van der Waals surface area contributed by atoms with Gasteiger partial charge in [0.2, 0.25) is 0 Å². The molecule has 0 saturated carbocycles. The van der Waals surface area contributed by atoms with Crippen LogP contribution in [0.3, 0.4) is 0 Å². The summed E-state index contributed by atoms with van der Waals surface area (Å²) in [6, 6.07) is 15.4. The minimum Gasteiger partial charge on any atom is -0.478 e. The van der Waals surface area contributed by atoms with Gasteiger partial charge in [-0.1, -0.05) is 49.7 Å². The highest BCUT2D eigenvalue weighted by molar-refractivity contribution is 7.92. The largest absolute Gasteiger partial charge is 0.490 e. The number of hydrogen-bond acceptors (Lipinski definition) is 6. The molecule has 0 atom stereocenters. The smallest absolute Gasteiger partial charge is 0.478 e. The third-order valence-corrected chi connectivity index (χ3v) is 6.37. The SMILES string of the molecule is CCCCN(Cc1ccccc1)c1ncc(NS(=O)(=O)c2cccc(F)c2)cc1C(=O)O.O=C(O)C(F)(F)F. The number of carbonyl (C=O) groups is 2. The fourth-order valence-electron chi connectivity index (χ4n) is 3.18. The lowest BCUT2D eigenvalue weighted by Crippen LogP contribution is -2.27. The van der Waals surface area contributed by atoms with Crippen LogP contribution < -0.4 is 9.62 Å². The number of aliphatic carboxylic acids is 1. The topological polar surface area (TPSA) is 137 Å². The first-order valence-corrected chi connectivity index (χ1v) is 12.8. The second kappa shape index (κ2) is 13.6. The van der Waals surface area contributed by atoms with Crippen molar-refractivity contribution in [1.29, 1.82) is 0 Å². The predicted molar refractivity (Wildman–Crippen MR) is 134 cm³/mol. The van der Waals surface area contributed by atoms with E-state index in [0.29, 0.717) is 13.1 Å². The Morgan fingerprint density at radius 3 is 2.21 bits per heavy atom. The van der Waals surface area contributed by atoms with E-state index in [2.05, 4.69) is 9.71 Å². The number of aromatic nitrogens is 1. The summed E-state index contributed by atoms with van der Waals surface area (Å²) in [5.74, 6) is -4.43. The number of pyridine rings is 1. The summed E-state index contributed by atoms with van der Waals surface area (Å²) in [5.41, 5.74) is 0.847. The maximum absolute atomic E-state index is 13.4. The maximum atomic E-state index is 13.4. The van der Waals surface area contributed by atoms with E-state index in [-0.39, 0.29) is 22.0 Å². The fourth-order valence-corrected chi connectivity index (χ4v) is 4.25. The molecule has 0 bridgehead atoms. The molecular weight excluding hydrogens is 546 g/mol. The Morgan fingerprint density at radius 1 is 1.03 bits per heavy atom. The molecule has 0 spiro atoms. The van der Waals surface area contributed by atoms with E-state index in [4.69, 9.17) is 9.90 Å². The quantitative estimate of drug-likeness (QED) is 0.284. The Bertz CT molecular complexity index is 1390. The molecule has 3 aromatic rings. The van der Waals surface area contributed by atoms with Gasteiger partial charge in [-0.25, -0.2) is 27.4 Å². The molecule has 0 saturated heterocycles. The van der Waals surface area contributed by atoms with Crippen molar-refractivity contribution < 1.29 is 45.8 Å². The summed E-state index contributed by atoms with van der Waals surface area (Å²) in [5, 5.41) is 16.9. The van der Waals surface area contributed by atoms with Gasteiger partial charge in [0.25, 0.3) is 10.0 Å². The minimum absolute atomic E-state index is 0.0226. The molecule has 3 N–H and O–H groups in total. The summed E-state index contributed by atoms with van der Waals surface area (Å²) in [6.07, 6.45) is -2.07. The number of carboxylic acids is 2. The van der Waals surface area contributed by atoms with E-state index in [9.17, 15) is 35.9 Å². The number of rotatable bonds is 10. The van der Waals surface area contributed by atoms with Gasteiger partial charge in [0.1, 0.15) is 17.2 Å². The molecule has 0 aliphatic carbocycles. The number of halogens is 4. The van der Waals surface area contributed by atoms with Gasteiger partial charge in [-0.15, -0.1) is 0 Å². The van der Waals surface area contributed by atoms with Crippen LogP contribution in [-0.4, -0.2) is 48.3 Å². The minimum atomic E-state index is -5.08. The van der Waals surface area contributed by atoms with E-state index in [1.807, 2.05) is 42.2 Å². The summed E-state index contributed by atoms with van der Waals surface area (Å²) >= 11 is 0. The summed E-state index contributed by atoms with van der Waals surface area (Å²) < 4.78 is 72.6. The van der Waals surface area contributed by atoms with Crippen molar-refractivity contribution in [3.8, 4) is 0 Å². The number of anilines is 2. The van der Waals surface area contributed by atoms with Crippen molar-refractivity contribution in [2.24, 2.45) is 0 Å². The van der Waals surface area contributed by atoms with Crippen molar-refractivity contribution in [2.75, 3.05) is 16.2 Å². The average Bonchev–Trinajstić information content (AvgIpc) is 2.87. The number of nitrogens with zero attached hydrogens (tertiary/aromatic N) is 2. The molecule has 39 heavy (non-hydrogen) atoms. The van der Waals surface area contributed by atoms with Crippen LogP contribution in [-0.2, 0) is 21.4 Å². The van der Waals surface area contributed by atoms with Crippen LogP contribution in [0.2, 0.25) is 0 Å². The Morgan fingerprint density at radius 2 is 1.67 bits per heavy atom. The van der Waals surface area contributed by atoms with Crippen molar-refractivity contribution in [1.82, 2.24) is 4.98 Å². The van der Waals surface area contributed by atoms with Crippen LogP contribution >= 0.6 is 0 Å². The highest BCUT2D eigenvalue weighted by atomic mass is 32.2. The van der Waals surface area contributed by atoms with Crippen LogP contribution in [0.15, 0.2) is 71.8 Å². The number of benzene rings is 2. The van der Waals surface area contributed by atoms with Crippen LogP contribution in [0.1, 0.15) is 35.7 Å². The van der Waals surface area contributed by atoms with E-state index < -0.39 is 34.0 Å². The highest BCUT2D eigenvalue weighted by Gasteiger charge is 2.38. The predicted octanol–water partition coefficient (Wildman–Crippen LogP) is 5.16. The van der Waals surface area contributed by atoms with Gasteiger partial charge < -0.3 is 15.1 Å². The monoisotopic (exact) mass is 571 g/mol. The number of hydrogen-bond donors (Lipinski definition) is 3. The molecule has 1 heterocycles. The number of alkyl halides is 3. The number of nitrogens with one attached hydrogen (secondary N) is 1. The fraction of sp³-hybridized carbons (Fsp3) is 0.240. The number of sulfonamides is 1. The molecule has 0 radical (unpaired) electrons. The first-order chi connectivity index (χ1) is 18.2. The molecule has 0 aliphatic heterocycles. The van der Waals surface area contributed by atoms with Crippen LogP contribution in [0.25, 0.3) is 0 Å². The first kappa shape index (κ1) is 31.0. The van der Waals surface area contributed by atoms with Crippen LogP contribution in [0.4, 0.5) is 29.1 Å². The van der Waals surface area contributed by atoms with Crippen LogP contribution in [0, 0.1) is 5.82 Å². The van der Waals surface area contributed by atoms with Crippen molar-refractivity contribution >= 4 is 33.5 Å². The molecule has 0 unspecified atom stereocenters. The molecule has 3 rings (SSSR count). The standard InChI is InChI=1S/C23H24FN3O4S.C2HF3O2/c1-2-3-12-27(16-17-8-5-4-6-9-17)22-21(23(28)29)14-19(15-25-22)26-32(30,31)20-11-7-10-18(24)13-20;3-2(4,5)1(6)7/h4-11,13-15,26H,2-3,12,16H2,1H3,(H,28,29);(H,6,7). The zero-order valence-electron chi connectivity index (χ0n) is 20.5. The number of carboxylic acid groups (broad SMARTS) is 2. The lowest BCUT2D eigenvalue weighted by Gasteiger charge is -2.25. The number of unbranched alkanes of at least 4 members (excludes halogenated alkanes) is 1. The van der Waals surface area contributed by atoms with Gasteiger partial charge in [-0.2, -0.15) is 13.2 Å². The van der Waals surface area contributed by atoms with E-state index in [1.54, 1.807) is 0 Å². The second-order valence-corrected chi connectivity index (χ2v) is 9.71. The Hall–Kier alpha value is -4.20. The molecule has 2 aromatic carbocycles. The Kier molecular flexibility index (Phi) is 10.8. The van der Waals surface area contributed by atoms with Gasteiger partial charge in [-0.05, 0) is 36.2 Å². The molecule has 0 aliphatic rings. The Labute approximate surface area is 221 Å². The molecular formula is C25H25F4N3O6S. The molecule has 0 amide bonds. The van der Waals surface area contributed by atoms with Gasteiger partial charge >= 0.3 is 18.1 Å². The van der Waals surface area contributed by atoms with E-state index >= 15 is 0 Å². The summed E-state index contributed by atoms with van der Waals surface area (Å²) in [7, 11) is -4.11. The summed E-state index contributed by atoms with van der Waals surface area (Å²) in [6.45, 7) is 3.09. The van der Waals surface area contributed by atoms with Gasteiger partial charge in [0, 0.05) is 13.1 Å². The highest BCUT2D eigenvalue weighted by Crippen LogP contribution is 2.25.